The van der Waals surface area contributed by atoms with Gasteiger partial charge in [-0.25, -0.2) is 0 Å². The molecule has 6 heteroatoms. The van der Waals surface area contributed by atoms with Crippen LogP contribution in [0.3, 0.4) is 0 Å². The summed E-state index contributed by atoms with van der Waals surface area (Å²) in [7, 11) is 0. The van der Waals surface area contributed by atoms with Crippen LogP contribution in [0.25, 0.3) is 0 Å². The molecule has 0 radical (unpaired) electrons. The zero-order valence-corrected chi connectivity index (χ0v) is 35.7. The minimum atomic E-state index is -0.00440. The lowest BCUT2D eigenvalue weighted by atomic mass is 9.94. The molecule has 0 aromatic carbocycles. The van der Waals surface area contributed by atoms with Crippen molar-refractivity contribution in [2.24, 2.45) is 11.7 Å². The van der Waals surface area contributed by atoms with Crippen molar-refractivity contribution < 1.29 is 19.1 Å². The van der Waals surface area contributed by atoms with Crippen molar-refractivity contribution in [3.8, 4) is 0 Å². The van der Waals surface area contributed by atoms with Crippen LogP contribution in [0.2, 0.25) is 0 Å². The van der Waals surface area contributed by atoms with Crippen molar-refractivity contribution in [1.29, 1.82) is 0 Å². The largest absolute Gasteiger partial charge is 0.465 e. The highest BCUT2D eigenvalue weighted by atomic mass is 16.5. The fraction of sp³-hybridized carbons (Fsp3) is 0.957. The first-order chi connectivity index (χ1) is 25.5. The van der Waals surface area contributed by atoms with Gasteiger partial charge in [-0.2, -0.15) is 0 Å². The summed E-state index contributed by atoms with van der Waals surface area (Å²) >= 11 is 0. The Bertz CT molecular complexity index is 732. The minimum absolute atomic E-state index is 0.00230. The third-order valence-electron chi connectivity index (χ3n) is 10.9. The lowest BCUT2D eigenvalue weighted by molar-refractivity contribution is -0.150. The summed E-state index contributed by atoms with van der Waals surface area (Å²) in [6.45, 7) is 13.5. The molecular formula is C46H92N2O4. The van der Waals surface area contributed by atoms with E-state index in [1.807, 2.05) is 0 Å². The molecule has 0 aromatic rings. The SMILES string of the molecule is CCCCCCCCC(CCCCCCCC)COC(=O)CCCCCN(CCCN)CCCCCCCC(=O)OC(CC)CCCCCCCC. The van der Waals surface area contributed by atoms with Gasteiger partial charge in [0.15, 0.2) is 0 Å². The molecule has 0 aromatic heterocycles. The van der Waals surface area contributed by atoms with Crippen LogP contribution < -0.4 is 5.73 Å². The molecule has 1 atom stereocenters. The molecule has 2 N–H and O–H groups in total. The van der Waals surface area contributed by atoms with E-state index in [2.05, 4.69) is 32.6 Å². The van der Waals surface area contributed by atoms with Gasteiger partial charge in [-0.15, -0.1) is 0 Å². The molecular weight excluding hydrogens is 645 g/mol. The zero-order chi connectivity index (χ0) is 38.2. The number of rotatable bonds is 42. The maximum atomic E-state index is 12.6. The van der Waals surface area contributed by atoms with Crippen LogP contribution >= 0.6 is 0 Å². The second-order valence-electron chi connectivity index (χ2n) is 16.1. The van der Waals surface area contributed by atoms with Crippen LogP contribution in [-0.4, -0.2) is 55.7 Å². The maximum Gasteiger partial charge on any atom is 0.306 e. The van der Waals surface area contributed by atoms with Gasteiger partial charge in [0, 0.05) is 12.8 Å². The highest BCUT2D eigenvalue weighted by Crippen LogP contribution is 2.21. The molecule has 0 aliphatic carbocycles. The molecule has 0 fully saturated rings. The smallest absolute Gasteiger partial charge is 0.306 e. The van der Waals surface area contributed by atoms with E-state index in [1.165, 1.54) is 148 Å². The molecule has 0 heterocycles. The molecule has 6 nitrogen and oxygen atoms in total. The second-order valence-corrected chi connectivity index (χ2v) is 16.1. The molecule has 310 valence electrons. The van der Waals surface area contributed by atoms with Gasteiger partial charge in [0.25, 0.3) is 0 Å². The molecule has 0 amide bonds. The van der Waals surface area contributed by atoms with Crippen LogP contribution in [0.5, 0.6) is 0 Å². The van der Waals surface area contributed by atoms with E-state index in [1.54, 1.807) is 0 Å². The molecule has 0 aliphatic rings. The first kappa shape index (κ1) is 50.9. The van der Waals surface area contributed by atoms with Crippen molar-refractivity contribution in [3.63, 3.8) is 0 Å². The van der Waals surface area contributed by atoms with E-state index in [-0.39, 0.29) is 18.0 Å². The monoisotopic (exact) mass is 737 g/mol. The molecule has 0 saturated carbocycles. The topological polar surface area (TPSA) is 81.9 Å². The predicted molar refractivity (Wildman–Crippen MR) is 225 cm³/mol. The van der Waals surface area contributed by atoms with E-state index < -0.39 is 0 Å². The summed E-state index contributed by atoms with van der Waals surface area (Å²) < 4.78 is 11.6. The van der Waals surface area contributed by atoms with Gasteiger partial charge < -0.3 is 20.1 Å². The van der Waals surface area contributed by atoms with Crippen molar-refractivity contribution >= 4 is 11.9 Å². The van der Waals surface area contributed by atoms with E-state index in [0.29, 0.717) is 25.4 Å². The number of esters is 2. The molecule has 1 unspecified atom stereocenters. The quantitative estimate of drug-likeness (QED) is 0.0496. The van der Waals surface area contributed by atoms with Crippen LogP contribution in [0.1, 0.15) is 240 Å². The Hall–Kier alpha value is -1.14. The number of hydrogen-bond acceptors (Lipinski definition) is 6. The Balaban J connectivity index is 4.17. The number of nitrogens with two attached hydrogens (primary N) is 1. The summed E-state index contributed by atoms with van der Waals surface area (Å²) in [5, 5.41) is 0. The fourth-order valence-electron chi connectivity index (χ4n) is 7.33. The first-order valence-electron chi connectivity index (χ1n) is 23.3. The number of carbonyl (C=O) groups excluding carboxylic acids is 2. The standard InChI is InChI=1S/C46H92N2O4/c1-5-9-12-15-19-25-33-43(34-26-20-16-13-10-6-2)42-51-45(49)36-29-24-31-40-48(41-32-38-47)39-30-23-18-22-28-37-46(50)52-44(8-4)35-27-21-17-14-11-7-3/h43-44H,5-42,47H2,1-4H3. The van der Waals surface area contributed by atoms with E-state index in [0.717, 1.165) is 77.5 Å². The van der Waals surface area contributed by atoms with Gasteiger partial charge in [-0.1, -0.05) is 163 Å². The van der Waals surface area contributed by atoms with E-state index in [9.17, 15) is 9.59 Å². The lowest BCUT2D eigenvalue weighted by Gasteiger charge is -2.22. The van der Waals surface area contributed by atoms with Gasteiger partial charge in [0.1, 0.15) is 6.10 Å². The Morgan fingerprint density at radius 2 is 0.885 bits per heavy atom. The normalized spacial score (nSPS) is 12.2. The highest BCUT2D eigenvalue weighted by Gasteiger charge is 2.14. The Labute approximate surface area is 325 Å². The van der Waals surface area contributed by atoms with E-state index >= 15 is 0 Å². The average molecular weight is 737 g/mol. The van der Waals surface area contributed by atoms with Gasteiger partial charge >= 0.3 is 11.9 Å². The number of unbranched alkanes of at least 4 members (excludes halogenated alkanes) is 21. The van der Waals surface area contributed by atoms with Crippen LogP contribution in [0.4, 0.5) is 0 Å². The van der Waals surface area contributed by atoms with Crippen molar-refractivity contribution in [2.45, 2.75) is 246 Å². The first-order valence-corrected chi connectivity index (χ1v) is 23.3. The lowest BCUT2D eigenvalue weighted by Crippen LogP contribution is -2.28. The van der Waals surface area contributed by atoms with Gasteiger partial charge in [-0.3, -0.25) is 9.59 Å². The molecule has 0 saturated heterocycles. The number of carbonyl (C=O) groups is 2. The summed E-state index contributed by atoms with van der Waals surface area (Å²) in [6.07, 6.45) is 38.9. The summed E-state index contributed by atoms with van der Waals surface area (Å²) in [4.78, 5) is 27.6. The minimum Gasteiger partial charge on any atom is -0.465 e. The molecule has 52 heavy (non-hydrogen) atoms. The predicted octanol–water partition coefficient (Wildman–Crippen LogP) is 13.3. The third kappa shape index (κ3) is 35.9. The number of nitrogens with zero attached hydrogens (tertiary/aromatic N) is 1. The van der Waals surface area contributed by atoms with Crippen LogP contribution in [-0.2, 0) is 19.1 Å². The molecule has 0 bridgehead atoms. The summed E-state index contributed by atoms with van der Waals surface area (Å²) in [5.74, 6) is 0.532. The number of hydrogen-bond donors (Lipinski definition) is 1. The second kappa shape index (κ2) is 41.0. The molecule has 0 aliphatic heterocycles. The van der Waals surface area contributed by atoms with Crippen molar-refractivity contribution in [1.82, 2.24) is 4.90 Å². The zero-order valence-electron chi connectivity index (χ0n) is 35.7. The number of ether oxygens (including phenoxy) is 2. The van der Waals surface area contributed by atoms with Gasteiger partial charge in [0.05, 0.1) is 6.61 Å². The summed E-state index contributed by atoms with van der Waals surface area (Å²) in [6, 6.07) is 0. The average Bonchev–Trinajstić information content (AvgIpc) is 3.15. The third-order valence-corrected chi connectivity index (χ3v) is 10.9. The van der Waals surface area contributed by atoms with E-state index in [4.69, 9.17) is 15.2 Å². The van der Waals surface area contributed by atoms with Crippen molar-refractivity contribution in [2.75, 3.05) is 32.8 Å². The van der Waals surface area contributed by atoms with Crippen LogP contribution in [0, 0.1) is 5.92 Å². The Kier molecular flexibility index (Phi) is 40.1. The van der Waals surface area contributed by atoms with Gasteiger partial charge in [0.2, 0.25) is 0 Å². The maximum absolute atomic E-state index is 12.6. The Morgan fingerprint density at radius 3 is 1.38 bits per heavy atom. The summed E-state index contributed by atoms with van der Waals surface area (Å²) in [5.41, 5.74) is 5.84. The van der Waals surface area contributed by atoms with Gasteiger partial charge in [-0.05, 0) is 96.3 Å². The fourth-order valence-corrected chi connectivity index (χ4v) is 7.33. The van der Waals surface area contributed by atoms with Crippen LogP contribution in [0.15, 0.2) is 0 Å². The highest BCUT2D eigenvalue weighted by molar-refractivity contribution is 5.69. The molecule has 0 spiro atoms. The molecule has 0 rings (SSSR count). The Morgan fingerprint density at radius 1 is 0.481 bits per heavy atom. The van der Waals surface area contributed by atoms with Crippen molar-refractivity contribution in [3.05, 3.63) is 0 Å².